The second kappa shape index (κ2) is 8.15. The van der Waals surface area contributed by atoms with Crippen LogP contribution in [0.5, 0.6) is 0 Å². The third kappa shape index (κ3) is 4.34. The van der Waals surface area contributed by atoms with E-state index in [0.717, 1.165) is 47.5 Å². The summed E-state index contributed by atoms with van der Waals surface area (Å²) >= 11 is 5.99. The first-order chi connectivity index (χ1) is 13.2. The quantitative estimate of drug-likeness (QED) is 0.695. The number of fused-ring (bicyclic) bond motifs is 1. The molecule has 1 saturated heterocycles. The Hall–Kier alpha value is -2.30. The third-order valence-electron chi connectivity index (χ3n) is 5.04. The number of benzene rings is 2. The fraction of sp³-hybridized carbons (Fsp3) is 0.318. The van der Waals surface area contributed by atoms with Gasteiger partial charge in [-0.3, -0.25) is 4.79 Å². The fourth-order valence-corrected chi connectivity index (χ4v) is 3.78. The molecule has 1 atom stereocenters. The largest absolute Gasteiger partial charge is 0.376 e. The molecule has 1 aliphatic rings. The number of carbonyl (C=O) groups excluding carboxylic acids is 1. The zero-order valence-electron chi connectivity index (χ0n) is 15.2. The minimum Gasteiger partial charge on any atom is -0.376 e. The maximum Gasteiger partial charge on any atom is 0.224 e. The topological polar surface area (TPSA) is 43.3 Å². The van der Waals surface area contributed by atoms with E-state index >= 15 is 0 Å². The Labute approximate surface area is 164 Å². The molecule has 1 aromatic heterocycles. The van der Waals surface area contributed by atoms with Crippen LogP contribution < -0.4 is 5.32 Å². The van der Waals surface area contributed by atoms with Crippen molar-refractivity contribution in [1.29, 1.82) is 0 Å². The summed E-state index contributed by atoms with van der Waals surface area (Å²) in [6, 6.07) is 16.1. The van der Waals surface area contributed by atoms with Gasteiger partial charge in [0.15, 0.2) is 0 Å². The molecule has 0 radical (unpaired) electrons. The summed E-state index contributed by atoms with van der Waals surface area (Å²) in [6.45, 7) is 2.15. The van der Waals surface area contributed by atoms with Crippen LogP contribution in [0.4, 0.5) is 0 Å². The smallest absolute Gasteiger partial charge is 0.224 e. The third-order valence-corrected chi connectivity index (χ3v) is 5.29. The van der Waals surface area contributed by atoms with Gasteiger partial charge in [0.25, 0.3) is 0 Å². The average molecular weight is 383 g/mol. The highest BCUT2D eigenvalue weighted by atomic mass is 35.5. The number of aromatic nitrogens is 1. The van der Waals surface area contributed by atoms with Crippen molar-refractivity contribution in [3.8, 4) is 0 Å². The Bertz CT molecular complexity index is 927. The molecule has 4 nitrogen and oxygen atoms in total. The molecular formula is C22H23ClN2O2. The van der Waals surface area contributed by atoms with Gasteiger partial charge in [0, 0.05) is 41.8 Å². The van der Waals surface area contributed by atoms with E-state index in [1.165, 1.54) is 5.56 Å². The minimum atomic E-state index is 0.0416. The summed E-state index contributed by atoms with van der Waals surface area (Å²) in [6.07, 6.45) is 4.74. The van der Waals surface area contributed by atoms with Crippen LogP contribution in [0, 0.1) is 0 Å². The van der Waals surface area contributed by atoms with E-state index in [2.05, 4.69) is 28.2 Å². The maximum atomic E-state index is 12.4. The van der Waals surface area contributed by atoms with Crippen molar-refractivity contribution in [3.63, 3.8) is 0 Å². The van der Waals surface area contributed by atoms with Crippen LogP contribution in [0.25, 0.3) is 10.9 Å². The van der Waals surface area contributed by atoms with Crippen LogP contribution in [0.1, 0.15) is 24.0 Å². The van der Waals surface area contributed by atoms with Crippen LogP contribution in [-0.2, 0) is 22.5 Å². The van der Waals surface area contributed by atoms with Gasteiger partial charge in [-0.25, -0.2) is 0 Å². The summed E-state index contributed by atoms with van der Waals surface area (Å²) < 4.78 is 7.77. The van der Waals surface area contributed by atoms with Crippen LogP contribution in [0.3, 0.4) is 0 Å². The van der Waals surface area contributed by atoms with E-state index in [-0.39, 0.29) is 12.0 Å². The van der Waals surface area contributed by atoms with E-state index < -0.39 is 0 Å². The second-order valence-corrected chi connectivity index (χ2v) is 7.48. The average Bonchev–Trinajstić information content (AvgIpc) is 3.31. The number of rotatable bonds is 6. The molecule has 0 bridgehead atoms. The van der Waals surface area contributed by atoms with Crippen molar-refractivity contribution in [3.05, 3.63) is 70.9 Å². The molecule has 3 aromatic rings. The van der Waals surface area contributed by atoms with Crippen molar-refractivity contribution < 1.29 is 9.53 Å². The summed E-state index contributed by atoms with van der Waals surface area (Å²) in [5.41, 5.74) is 3.35. The first-order valence-electron chi connectivity index (χ1n) is 9.38. The van der Waals surface area contributed by atoms with Gasteiger partial charge in [0.2, 0.25) is 5.91 Å². The Morgan fingerprint density at radius 2 is 2.00 bits per heavy atom. The van der Waals surface area contributed by atoms with Crippen LogP contribution in [0.15, 0.2) is 54.7 Å². The van der Waals surface area contributed by atoms with Crippen LogP contribution in [-0.4, -0.2) is 29.7 Å². The van der Waals surface area contributed by atoms with Gasteiger partial charge in [-0.15, -0.1) is 0 Å². The van der Waals surface area contributed by atoms with Gasteiger partial charge >= 0.3 is 0 Å². The molecule has 1 unspecified atom stereocenters. The maximum absolute atomic E-state index is 12.4. The Morgan fingerprint density at radius 3 is 2.78 bits per heavy atom. The van der Waals surface area contributed by atoms with E-state index in [1.807, 2.05) is 36.4 Å². The number of nitrogens with one attached hydrogen (secondary N) is 1. The molecule has 0 spiro atoms. The van der Waals surface area contributed by atoms with Crippen molar-refractivity contribution in [1.82, 2.24) is 9.88 Å². The summed E-state index contributed by atoms with van der Waals surface area (Å²) in [5, 5.41) is 4.87. The van der Waals surface area contributed by atoms with Crippen molar-refractivity contribution in [2.75, 3.05) is 13.2 Å². The summed E-state index contributed by atoms with van der Waals surface area (Å²) in [7, 11) is 0. The molecule has 1 aliphatic heterocycles. The number of carbonyl (C=O) groups is 1. The number of ether oxygens (including phenoxy) is 1. The lowest BCUT2D eigenvalue weighted by Crippen LogP contribution is -2.32. The molecule has 1 amide bonds. The van der Waals surface area contributed by atoms with E-state index in [9.17, 15) is 4.79 Å². The molecule has 0 saturated carbocycles. The lowest BCUT2D eigenvalue weighted by Gasteiger charge is -2.10. The van der Waals surface area contributed by atoms with Crippen molar-refractivity contribution in [2.24, 2.45) is 0 Å². The molecule has 140 valence electrons. The molecule has 0 aliphatic carbocycles. The van der Waals surface area contributed by atoms with Crippen molar-refractivity contribution >= 4 is 28.4 Å². The predicted octanol–water partition coefficient (Wildman–Crippen LogP) is 4.18. The van der Waals surface area contributed by atoms with Crippen LogP contribution in [0.2, 0.25) is 5.02 Å². The Morgan fingerprint density at radius 1 is 1.19 bits per heavy atom. The molecule has 2 aromatic carbocycles. The van der Waals surface area contributed by atoms with E-state index in [1.54, 1.807) is 0 Å². The van der Waals surface area contributed by atoms with Gasteiger partial charge in [-0.1, -0.05) is 41.9 Å². The minimum absolute atomic E-state index is 0.0416. The molecule has 1 N–H and O–H groups in total. The van der Waals surface area contributed by atoms with Gasteiger partial charge in [0.05, 0.1) is 12.5 Å². The van der Waals surface area contributed by atoms with Gasteiger partial charge in [0.1, 0.15) is 0 Å². The lowest BCUT2D eigenvalue weighted by molar-refractivity contribution is -0.120. The lowest BCUT2D eigenvalue weighted by atomic mass is 10.1. The highest BCUT2D eigenvalue weighted by molar-refractivity contribution is 6.30. The monoisotopic (exact) mass is 382 g/mol. The number of para-hydroxylation sites is 1. The molecule has 27 heavy (non-hydrogen) atoms. The molecule has 1 fully saturated rings. The number of hydrogen-bond donors (Lipinski definition) is 1. The highest BCUT2D eigenvalue weighted by Gasteiger charge is 2.17. The SMILES string of the molecule is O=C(Cc1cn(Cc2ccc(Cl)cc2)c2ccccc12)NCC1CCCO1. The van der Waals surface area contributed by atoms with Gasteiger partial charge in [-0.05, 0) is 42.2 Å². The van der Waals surface area contributed by atoms with E-state index in [0.29, 0.717) is 13.0 Å². The molecular weight excluding hydrogens is 360 g/mol. The van der Waals surface area contributed by atoms with Crippen LogP contribution >= 0.6 is 11.6 Å². The first-order valence-corrected chi connectivity index (χ1v) is 9.76. The molecule has 2 heterocycles. The Balaban J connectivity index is 1.50. The van der Waals surface area contributed by atoms with Gasteiger partial charge in [-0.2, -0.15) is 0 Å². The summed E-state index contributed by atoms with van der Waals surface area (Å²) in [5.74, 6) is 0.0416. The second-order valence-electron chi connectivity index (χ2n) is 7.04. The standard InChI is InChI=1S/C22H23ClN2O2/c23-18-9-7-16(8-10-18)14-25-15-17(20-5-1-2-6-21(20)25)12-22(26)24-13-19-4-3-11-27-19/h1-2,5-10,15,19H,3-4,11-14H2,(H,24,26). The number of halogens is 1. The predicted molar refractivity (Wildman–Crippen MR) is 108 cm³/mol. The normalized spacial score (nSPS) is 16.7. The first kappa shape index (κ1) is 18.1. The Kier molecular flexibility index (Phi) is 5.46. The molecule has 5 heteroatoms. The van der Waals surface area contributed by atoms with Gasteiger partial charge < -0.3 is 14.6 Å². The highest BCUT2D eigenvalue weighted by Crippen LogP contribution is 2.23. The summed E-state index contributed by atoms with van der Waals surface area (Å²) in [4.78, 5) is 12.4. The van der Waals surface area contributed by atoms with E-state index in [4.69, 9.17) is 16.3 Å². The fourth-order valence-electron chi connectivity index (χ4n) is 3.65. The number of nitrogens with zero attached hydrogens (tertiary/aromatic N) is 1. The zero-order valence-corrected chi connectivity index (χ0v) is 15.9. The number of amides is 1. The number of hydrogen-bond acceptors (Lipinski definition) is 2. The van der Waals surface area contributed by atoms with Crippen molar-refractivity contribution in [2.45, 2.75) is 31.9 Å². The zero-order chi connectivity index (χ0) is 18.6. The molecule has 4 rings (SSSR count).